The molecule has 0 unspecified atom stereocenters. The largest absolute Gasteiger partial charge is 0.507 e. The number of aromatic hydroxyl groups is 1. The standard InChI is InChI=1S/C24H16Cl2F3N3O2/c25-15-5-1-13(2-6-15)12-34-17-9-10-18(19(33)11-17)21-20(14-3-7-16(26)8-4-14)22(24(27,28)29)32-23(30)31-21/h1-11,33H,12H2,(H2,30,31,32). The number of phenolic OH excluding ortho intramolecular Hbond substituents is 1. The minimum atomic E-state index is -4.82. The molecule has 0 fully saturated rings. The molecule has 1 heterocycles. The second-order valence-corrected chi connectivity index (χ2v) is 8.13. The smallest absolute Gasteiger partial charge is 0.434 e. The van der Waals surface area contributed by atoms with Crippen LogP contribution in [0.3, 0.4) is 0 Å². The van der Waals surface area contributed by atoms with Gasteiger partial charge in [0.05, 0.1) is 5.69 Å². The second-order valence-electron chi connectivity index (χ2n) is 7.25. The predicted octanol–water partition coefficient (Wildman–Crippen LogP) is 7.00. The molecule has 0 saturated carbocycles. The van der Waals surface area contributed by atoms with Crippen LogP contribution in [0, 0.1) is 0 Å². The van der Waals surface area contributed by atoms with Crippen LogP contribution < -0.4 is 10.5 Å². The maximum atomic E-state index is 13.9. The fourth-order valence-electron chi connectivity index (χ4n) is 3.32. The predicted molar refractivity (Wildman–Crippen MR) is 125 cm³/mol. The molecule has 0 aliphatic carbocycles. The summed E-state index contributed by atoms with van der Waals surface area (Å²) in [6.07, 6.45) is -4.82. The van der Waals surface area contributed by atoms with Gasteiger partial charge in [-0.25, -0.2) is 9.97 Å². The zero-order valence-corrected chi connectivity index (χ0v) is 18.8. The summed E-state index contributed by atoms with van der Waals surface area (Å²) in [6.45, 7) is 0.199. The third-order valence-electron chi connectivity index (χ3n) is 4.87. The van der Waals surface area contributed by atoms with Crippen molar-refractivity contribution in [2.45, 2.75) is 12.8 Å². The lowest BCUT2D eigenvalue weighted by molar-refractivity contribution is -0.140. The Bertz CT molecular complexity index is 1330. The lowest BCUT2D eigenvalue weighted by Crippen LogP contribution is -2.14. The first-order valence-corrected chi connectivity index (χ1v) is 10.6. The number of phenols is 1. The van der Waals surface area contributed by atoms with Crippen LogP contribution >= 0.6 is 23.2 Å². The number of halogens is 5. The Labute approximate surface area is 202 Å². The summed E-state index contributed by atoms with van der Waals surface area (Å²) >= 11 is 11.8. The molecule has 5 nitrogen and oxygen atoms in total. The Balaban J connectivity index is 1.76. The Morgan fingerprint density at radius 1 is 0.882 bits per heavy atom. The van der Waals surface area contributed by atoms with Crippen molar-refractivity contribution in [3.8, 4) is 33.9 Å². The van der Waals surface area contributed by atoms with Crippen LogP contribution in [-0.2, 0) is 12.8 Å². The minimum Gasteiger partial charge on any atom is -0.507 e. The van der Waals surface area contributed by atoms with Crippen LogP contribution in [0.5, 0.6) is 11.5 Å². The number of ether oxygens (including phenoxy) is 1. The highest BCUT2D eigenvalue weighted by Gasteiger charge is 2.38. The summed E-state index contributed by atoms with van der Waals surface area (Å²) in [5.74, 6) is -0.611. The minimum absolute atomic E-state index is 0.0309. The van der Waals surface area contributed by atoms with Gasteiger partial charge in [0.25, 0.3) is 0 Å². The van der Waals surface area contributed by atoms with Crippen LogP contribution in [0.15, 0.2) is 66.7 Å². The number of anilines is 1. The van der Waals surface area contributed by atoms with Gasteiger partial charge in [-0.05, 0) is 47.5 Å². The Morgan fingerprint density at radius 3 is 2.09 bits per heavy atom. The van der Waals surface area contributed by atoms with Gasteiger partial charge in [0.1, 0.15) is 18.1 Å². The van der Waals surface area contributed by atoms with Crippen molar-refractivity contribution in [2.24, 2.45) is 0 Å². The molecule has 4 rings (SSSR count). The molecule has 1 aromatic heterocycles. The number of alkyl halides is 3. The van der Waals surface area contributed by atoms with Gasteiger partial charge >= 0.3 is 6.18 Å². The average Bonchev–Trinajstić information content (AvgIpc) is 2.78. The summed E-state index contributed by atoms with van der Waals surface area (Å²) in [5, 5.41) is 11.6. The molecule has 0 atom stereocenters. The highest BCUT2D eigenvalue weighted by atomic mass is 35.5. The topological polar surface area (TPSA) is 81.3 Å². The molecule has 0 amide bonds. The van der Waals surface area contributed by atoms with Crippen LogP contribution in [-0.4, -0.2) is 15.1 Å². The first kappa shape index (κ1) is 23.7. The molecule has 0 aliphatic rings. The van der Waals surface area contributed by atoms with Gasteiger partial charge in [0, 0.05) is 27.2 Å². The van der Waals surface area contributed by atoms with Crippen LogP contribution in [0.25, 0.3) is 22.4 Å². The summed E-state index contributed by atoms with van der Waals surface area (Å²) in [5.41, 5.74) is 4.91. The fourth-order valence-corrected chi connectivity index (χ4v) is 3.57. The zero-order valence-electron chi connectivity index (χ0n) is 17.3. The lowest BCUT2D eigenvalue weighted by atomic mass is 9.96. The number of nitrogens with two attached hydrogens (primary N) is 1. The number of hydrogen-bond acceptors (Lipinski definition) is 5. The third kappa shape index (κ3) is 5.18. The summed E-state index contributed by atoms with van der Waals surface area (Å²) < 4.78 is 47.3. The molecule has 3 aromatic carbocycles. The molecular formula is C24H16Cl2F3N3O2. The van der Waals surface area contributed by atoms with Gasteiger partial charge in [-0.1, -0.05) is 47.5 Å². The van der Waals surface area contributed by atoms with E-state index in [0.29, 0.717) is 15.8 Å². The highest BCUT2D eigenvalue weighted by molar-refractivity contribution is 6.30. The Kier molecular flexibility index (Phi) is 6.54. The molecular weight excluding hydrogens is 490 g/mol. The van der Waals surface area contributed by atoms with Crippen molar-refractivity contribution in [3.63, 3.8) is 0 Å². The quantitative estimate of drug-likeness (QED) is 0.305. The highest BCUT2D eigenvalue weighted by Crippen LogP contribution is 2.44. The first-order valence-electron chi connectivity index (χ1n) is 9.83. The fraction of sp³-hybridized carbons (Fsp3) is 0.0833. The summed E-state index contributed by atoms with van der Waals surface area (Å²) in [7, 11) is 0. The van der Waals surface area contributed by atoms with E-state index in [1.54, 1.807) is 24.3 Å². The number of nitrogen functional groups attached to an aromatic ring is 1. The maximum Gasteiger partial charge on any atom is 0.434 e. The number of rotatable bonds is 5. The summed E-state index contributed by atoms with van der Waals surface area (Å²) in [6, 6.07) is 17.0. The van der Waals surface area contributed by atoms with Gasteiger partial charge in [0.2, 0.25) is 5.95 Å². The van der Waals surface area contributed by atoms with Crippen molar-refractivity contribution in [1.82, 2.24) is 9.97 Å². The Hall–Kier alpha value is -3.49. The van der Waals surface area contributed by atoms with E-state index in [0.717, 1.165) is 5.56 Å². The first-order chi connectivity index (χ1) is 16.1. The maximum absolute atomic E-state index is 13.9. The second kappa shape index (κ2) is 9.40. The van der Waals surface area contributed by atoms with E-state index >= 15 is 0 Å². The molecule has 4 aromatic rings. The van der Waals surface area contributed by atoms with Crippen LogP contribution in [0.4, 0.5) is 19.1 Å². The SMILES string of the molecule is Nc1nc(-c2ccc(OCc3ccc(Cl)cc3)cc2O)c(-c2ccc(Cl)cc2)c(C(F)(F)F)n1. The number of aromatic nitrogens is 2. The third-order valence-corrected chi connectivity index (χ3v) is 5.37. The molecule has 174 valence electrons. The van der Waals surface area contributed by atoms with Gasteiger partial charge in [-0.2, -0.15) is 13.2 Å². The number of hydrogen-bond donors (Lipinski definition) is 2. The molecule has 0 radical (unpaired) electrons. The van der Waals surface area contributed by atoms with Gasteiger partial charge < -0.3 is 15.6 Å². The molecule has 10 heteroatoms. The molecule has 3 N–H and O–H groups in total. The Morgan fingerprint density at radius 2 is 1.50 bits per heavy atom. The van der Waals surface area contributed by atoms with E-state index < -0.39 is 17.8 Å². The lowest BCUT2D eigenvalue weighted by Gasteiger charge is -2.17. The van der Waals surface area contributed by atoms with E-state index in [-0.39, 0.29) is 34.7 Å². The molecule has 0 spiro atoms. The monoisotopic (exact) mass is 505 g/mol. The molecule has 0 bridgehead atoms. The van der Waals surface area contributed by atoms with Crippen LogP contribution in [0.2, 0.25) is 10.0 Å². The van der Waals surface area contributed by atoms with Gasteiger partial charge in [-0.15, -0.1) is 0 Å². The van der Waals surface area contributed by atoms with Crippen molar-refractivity contribution >= 4 is 29.2 Å². The van der Waals surface area contributed by atoms with E-state index in [1.807, 2.05) is 0 Å². The molecule has 34 heavy (non-hydrogen) atoms. The zero-order chi connectivity index (χ0) is 24.5. The van der Waals surface area contributed by atoms with Gasteiger partial charge in [-0.3, -0.25) is 0 Å². The van der Waals surface area contributed by atoms with Crippen molar-refractivity contribution in [2.75, 3.05) is 5.73 Å². The molecule has 0 saturated heterocycles. The van der Waals surface area contributed by atoms with Crippen LogP contribution in [0.1, 0.15) is 11.3 Å². The van der Waals surface area contributed by atoms with E-state index in [1.165, 1.54) is 42.5 Å². The van der Waals surface area contributed by atoms with E-state index in [4.69, 9.17) is 33.7 Å². The molecule has 0 aliphatic heterocycles. The number of benzene rings is 3. The average molecular weight is 506 g/mol. The van der Waals surface area contributed by atoms with Crippen molar-refractivity contribution in [1.29, 1.82) is 0 Å². The van der Waals surface area contributed by atoms with E-state index in [9.17, 15) is 18.3 Å². The van der Waals surface area contributed by atoms with Gasteiger partial charge in [0.15, 0.2) is 5.69 Å². The van der Waals surface area contributed by atoms with Crippen molar-refractivity contribution in [3.05, 3.63) is 88.0 Å². The van der Waals surface area contributed by atoms with Crippen molar-refractivity contribution < 1.29 is 23.0 Å². The summed E-state index contributed by atoms with van der Waals surface area (Å²) in [4.78, 5) is 7.47. The van der Waals surface area contributed by atoms with E-state index in [2.05, 4.69) is 9.97 Å². The normalized spacial score (nSPS) is 11.4. The number of nitrogens with zero attached hydrogens (tertiary/aromatic N) is 2.